The third-order valence-corrected chi connectivity index (χ3v) is 3.54. The topological polar surface area (TPSA) is 65.1 Å². The molecule has 1 aliphatic rings. The Hall–Kier alpha value is -1.31. The molecule has 22 heavy (non-hydrogen) atoms. The van der Waals surface area contributed by atoms with E-state index < -0.39 is 0 Å². The quantitative estimate of drug-likeness (QED) is 0.295. The molecule has 3 N–H and O–H groups in total. The van der Waals surface area contributed by atoms with Gasteiger partial charge >= 0.3 is 0 Å². The number of rotatable bonds is 6. The molecule has 6 heteroatoms. The second kappa shape index (κ2) is 8.36. The van der Waals surface area contributed by atoms with Gasteiger partial charge in [-0.15, -0.1) is 24.0 Å². The monoisotopic (exact) mass is 413 g/mol. The summed E-state index contributed by atoms with van der Waals surface area (Å²) in [4.78, 5) is 12.6. The molecule has 0 spiro atoms. The van der Waals surface area contributed by atoms with E-state index in [0.29, 0.717) is 6.04 Å². The van der Waals surface area contributed by atoms with Gasteiger partial charge in [0.15, 0.2) is 5.96 Å². The van der Waals surface area contributed by atoms with E-state index in [0.717, 1.165) is 48.7 Å². The second-order valence-corrected chi connectivity index (χ2v) is 5.48. The number of H-pyrrole nitrogens is 1. The van der Waals surface area contributed by atoms with Crippen molar-refractivity contribution in [3.63, 3.8) is 0 Å². The van der Waals surface area contributed by atoms with Crippen LogP contribution in [0.2, 0.25) is 0 Å². The normalized spacial score (nSPS) is 14.7. The Morgan fingerprint density at radius 3 is 2.91 bits per heavy atom. The molecule has 3 rings (SSSR count). The summed E-state index contributed by atoms with van der Waals surface area (Å²) in [6.45, 7) is 3.82. The molecule has 2 aromatic rings. The number of aromatic nitrogens is 2. The largest absolute Gasteiger partial charge is 0.357 e. The maximum absolute atomic E-state index is 4.62. The number of para-hydroxylation sites is 2. The van der Waals surface area contributed by atoms with Crippen molar-refractivity contribution in [3.05, 3.63) is 30.1 Å². The lowest BCUT2D eigenvalue weighted by Crippen LogP contribution is -2.38. The molecule has 1 heterocycles. The van der Waals surface area contributed by atoms with Crippen molar-refractivity contribution < 1.29 is 0 Å². The van der Waals surface area contributed by atoms with Gasteiger partial charge in [-0.25, -0.2) is 4.98 Å². The van der Waals surface area contributed by atoms with Gasteiger partial charge in [0.25, 0.3) is 0 Å². The zero-order valence-corrected chi connectivity index (χ0v) is 15.3. The smallest absolute Gasteiger partial charge is 0.191 e. The van der Waals surface area contributed by atoms with Crippen LogP contribution in [0.3, 0.4) is 0 Å². The number of benzene rings is 1. The van der Waals surface area contributed by atoms with Crippen molar-refractivity contribution in [2.24, 2.45) is 4.99 Å². The average Bonchev–Trinajstić information content (AvgIpc) is 3.20. The number of fused-ring (bicyclic) bond motifs is 1. The van der Waals surface area contributed by atoms with Crippen LogP contribution < -0.4 is 10.6 Å². The molecule has 0 atom stereocenters. The van der Waals surface area contributed by atoms with Crippen molar-refractivity contribution >= 4 is 41.0 Å². The fourth-order valence-electron chi connectivity index (χ4n) is 2.30. The lowest BCUT2D eigenvalue weighted by molar-refractivity contribution is 0.767. The molecule has 120 valence electrons. The number of nitrogens with zero attached hydrogens (tertiary/aromatic N) is 2. The van der Waals surface area contributed by atoms with Crippen LogP contribution in [0.4, 0.5) is 0 Å². The van der Waals surface area contributed by atoms with E-state index in [1.54, 1.807) is 0 Å². The zero-order valence-electron chi connectivity index (χ0n) is 12.9. The average molecular weight is 413 g/mol. The molecule has 1 aromatic carbocycles. The first kappa shape index (κ1) is 17.1. The number of aromatic amines is 1. The van der Waals surface area contributed by atoms with E-state index in [1.165, 1.54) is 12.8 Å². The number of aryl methyl sites for hydroxylation is 1. The maximum Gasteiger partial charge on any atom is 0.191 e. The van der Waals surface area contributed by atoms with Crippen LogP contribution in [0.5, 0.6) is 0 Å². The summed E-state index contributed by atoms with van der Waals surface area (Å²) < 4.78 is 0. The van der Waals surface area contributed by atoms with E-state index in [1.807, 2.05) is 18.2 Å². The van der Waals surface area contributed by atoms with Gasteiger partial charge in [-0.05, 0) is 38.3 Å². The molecule has 1 aromatic heterocycles. The van der Waals surface area contributed by atoms with Crippen LogP contribution >= 0.6 is 24.0 Å². The minimum atomic E-state index is 0. The number of halogens is 1. The van der Waals surface area contributed by atoms with Crippen LogP contribution in [-0.4, -0.2) is 35.1 Å². The molecule has 0 saturated heterocycles. The molecule has 0 radical (unpaired) electrons. The van der Waals surface area contributed by atoms with Crippen LogP contribution in [0, 0.1) is 0 Å². The van der Waals surface area contributed by atoms with Gasteiger partial charge in [-0.1, -0.05) is 12.1 Å². The van der Waals surface area contributed by atoms with Gasteiger partial charge in [-0.2, -0.15) is 0 Å². The molecule has 0 unspecified atom stereocenters. The number of hydrogen-bond acceptors (Lipinski definition) is 2. The van der Waals surface area contributed by atoms with Crippen LogP contribution in [0.15, 0.2) is 29.3 Å². The van der Waals surface area contributed by atoms with Crippen molar-refractivity contribution in [1.29, 1.82) is 0 Å². The van der Waals surface area contributed by atoms with Crippen molar-refractivity contribution in [2.45, 2.75) is 38.6 Å². The lowest BCUT2D eigenvalue weighted by Gasteiger charge is -2.09. The first-order valence-corrected chi connectivity index (χ1v) is 7.83. The Balaban J connectivity index is 0.00000176. The Morgan fingerprint density at radius 2 is 2.18 bits per heavy atom. The Bertz CT molecular complexity index is 585. The second-order valence-electron chi connectivity index (χ2n) is 5.48. The summed E-state index contributed by atoms with van der Waals surface area (Å²) in [6.07, 6.45) is 4.47. The van der Waals surface area contributed by atoms with E-state index in [9.17, 15) is 0 Å². The molecule has 0 aliphatic heterocycles. The summed E-state index contributed by atoms with van der Waals surface area (Å²) >= 11 is 0. The Labute approximate surface area is 148 Å². The highest BCUT2D eigenvalue weighted by molar-refractivity contribution is 14.0. The minimum Gasteiger partial charge on any atom is -0.357 e. The summed E-state index contributed by atoms with van der Waals surface area (Å²) in [5.74, 6) is 2.00. The number of imidazole rings is 1. The summed E-state index contributed by atoms with van der Waals surface area (Å²) in [5.41, 5.74) is 2.15. The highest BCUT2D eigenvalue weighted by atomic mass is 127. The van der Waals surface area contributed by atoms with Gasteiger partial charge in [0.2, 0.25) is 0 Å². The number of nitrogens with one attached hydrogen (secondary N) is 3. The van der Waals surface area contributed by atoms with Gasteiger partial charge in [0.05, 0.1) is 11.0 Å². The molecule has 0 amide bonds. The minimum absolute atomic E-state index is 0. The van der Waals surface area contributed by atoms with Crippen LogP contribution in [-0.2, 0) is 6.42 Å². The number of aliphatic imine (C=N–C) groups is 1. The first-order valence-electron chi connectivity index (χ1n) is 7.83. The van der Waals surface area contributed by atoms with Gasteiger partial charge in [0, 0.05) is 25.6 Å². The molecule has 1 fully saturated rings. The molecule has 0 bridgehead atoms. The van der Waals surface area contributed by atoms with Gasteiger partial charge in [0.1, 0.15) is 5.82 Å². The summed E-state index contributed by atoms with van der Waals surface area (Å²) in [5, 5.41) is 6.72. The Morgan fingerprint density at radius 1 is 1.36 bits per heavy atom. The number of guanidine groups is 1. The third-order valence-electron chi connectivity index (χ3n) is 3.54. The van der Waals surface area contributed by atoms with Crippen molar-refractivity contribution in [2.75, 3.05) is 13.1 Å². The first-order chi connectivity index (χ1) is 10.3. The van der Waals surface area contributed by atoms with E-state index in [-0.39, 0.29) is 24.0 Å². The fraction of sp³-hybridized carbons (Fsp3) is 0.500. The van der Waals surface area contributed by atoms with E-state index in [2.05, 4.69) is 38.6 Å². The predicted molar refractivity (Wildman–Crippen MR) is 102 cm³/mol. The standard InChI is InChI=1S/C16H23N5.HI/c1-2-17-16(19-12-9-10-12)18-11-5-8-15-20-13-6-3-4-7-14(13)21-15;/h3-4,6-7,12H,2,5,8-11H2,1H3,(H,20,21)(H2,17,18,19);1H. The summed E-state index contributed by atoms with van der Waals surface area (Å²) in [6, 6.07) is 8.78. The zero-order chi connectivity index (χ0) is 14.5. The molecular formula is C16H24IN5. The molecular weight excluding hydrogens is 389 g/mol. The van der Waals surface area contributed by atoms with Gasteiger partial charge in [-0.3, -0.25) is 4.99 Å². The van der Waals surface area contributed by atoms with Gasteiger partial charge < -0.3 is 15.6 Å². The van der Waals surface area contributed by atoms with Crippen LogP contribution in [0.1, 0.15) is 32.0 Å². The van der Waals surface area contributed by atoms with Crippen LogP contribution in [0.25, 0.3) is 11.0 Å². The molecule has 1 saturated carbocycles. The highest BCUT2D eigenvalue weighted by Crippen LogP contribution is 2.18. The lowest BCUT2D eigenvalue weighted by atomic mass is 10.3. The molecule has 5 nitrogen and oxygen atoms in total. The van der Waals surface area contributed by atoms with E-state index in [4.69, 9.17) is 0 Å². The Kier molecular flexibility index (Phi) is 6.48. The molecule has 1 aliphatic carbocycles. The maximum atomic E-state index is 4.62. The SMILES string of the molecule is CCNC(=NCCCc1nc2ccccc2[nH]1)NC1CC1.I. The third kappa shape index (κ3) is 4.86. The number of hydrogen-bond donors (Lipinski definition) is 3. The van der Waals surface area contributed by atoms with E-state index >= 15 is 0 Å². The van der Waals surface area contributed by atoms with Crippen molar-refractivity contribution in [3.8, 4) is 0 Å². The van der Waals surface area contributed by atoms with Crippen molar-refractivity contribution in [1.82, 2.24) is 20.6 Å². The fourth-order valence-corrected chi connectivity index (χ4v) is 2.30. The summed E-state index contributed by atoms with van der Waals surface area (Å²) in [7, 11) is 0. The highest BCUT2D eigenvalue weighted by Gasteiger charge is 2.21. The predicted octanol–water partition coefficient (Wildman–Crippen LogP) is 2.83.